The zero-order valence-corrected chi connectivity index (χ0v) is 17.8. The van der Waals surface area contributed by atoms with Crippen LogP contribution in [0.2, 0.25) is 5.02 Å². The summed E-state index contributed by atoms with van der Waals surface area (Å²) in [5, 5.41) is 0.494. The monoisotopic (exact) mass is 445 g/mol. The number of anilines is 1. The molecule has 0 saturated carbocycles. The van der Waals surface area contributed by atoms with Gasteiger partial charge in [0.05, 0.1) is 24.2 Å². The van der Waals surface area contributed by atoms with Crippen molar-refractivity contribution in [1.82, 2.24) is 0 Å². The van der Waals surface area contributed by atoms with E-state index in [1.54, 1.807) is 55.6 Å². The molecule has 0 amide bonds. The third kappa shape index (κ3) is 4.04. The average molecular weight is 446 g/mol. The van der Waals surface area contributed by atoms with Crippen molar-refractivity contribution in [3.63, 3.8) is 0 Å². The van der Waals surface area contributed by atoms with Gasteiger partial charge in [0.1, 0.15) is 19.0 Å². The number of methoxy groups -OCH3 is 1. The second kappa shape index (κ2) is 8.45. The third-order valence-electron chi connectivity index (χ3n) is 4.73. The molecule has 8 heteroatoms. The summed E-state index contributed by atoms with van der Waals surface area (Å²) in [5.41, 5.74) is 1.18. The van der Waals surface area contributed by atoms with Crippen LogP contribution in [0.3, 0.4) is 0 Å². The molecule has 3 aromatic rings. The normalized spacial score (nSPS) is 13.0. The van der Waals surface area contributed by atoms with Crippen LogP contribution in [0, 0.1) is 0 Å². The molecule has 1 aliphatic heterocycles. The van der Waals surface area contributed by atoms with Crippen LogP contribution in [0.4, 0.5) is 5.69 Å². The van der Waals surface area contributed by atoms with Gasteiger partial charge in [0, 0.05) is 11.1 Å². The lowest BCUT2D eigenvalue weighted by Gasteiger charge is -2.26. The van der Waals surface area contributed by atoms with Gasteiger partial charge >= 0.3 is 0 Å². The highest BCUT2D eigenvalue weighted by Gasteiger charge is 2.28. The van der Waals surface area contributed by atoms with Crippen LogP contribution in [0.25, 0.3) is 0 Å². The Morgan fingerprint density at radius 3 is 2.37 bits per heavy atom. The third-order valence-corrected chi connectivity index (χ3v) is 6.87. The van der Waals surface area contributed by atoms with Crippen LogP contribution in [0.5, 0.6) is 17.2 Å². The molecule has 0 fully saturated rings. The first-order valence-corrected chi connectivity index (χ1v) is 11.1. The molecule has 6 nitrogen and oxygen atoms in total. The van der Waals surface area contributed by atoms with Crippen molar-refractivity contribution in [3.05, 3.63) is 77.3 Å². The molecule has 3 aromatic carbocycles. The molecule has 0 unspecified atom stereocenters. The second-order valence-electron chi connectivity index (χ2n) is 6.61. The van der Waals surface area contributed by atoms with Gasteiger partial charge in [0.15, 0.2) is 11.5 Å². The van der Waals surface area contributed by atoms with E-state index in [0.29, 0.717) is 46.7 Å². The Bertz CT molecular complexity index is 1150. The molecule has 0 atom stereocenters. The summed E-state index contributed by atoms with van der Waals surface area (Å²) in [7, 11) is -2.37. The van der Waals surface area contributed by atoms with Crippen LogP contribution in [0.1, 0.15) is 5.56 Å². The van der Waals surface area contributed by atoms with Crippen molar-refractivity contribution in [2.45, 2.75) is 11.4 Å². The van der Waals surface area contributed by atoms with Gasteiger partial charge in [-0.2, -0.15) is 0 Å². The van der Waals surface area contributed by atoms with Crippen LogP contribution in [-0.2, 0) is 16.6 Å². The van der Waals surface area contributed by atoms with Gasteiger partial charge in [-0.3, -0.25) is 4.31 Å². The fourth-order valence-corrected chi connectivity index (χ4v) is 4.81. The average Bonchev–Trinajstić information content (AvgIpc) is 2.78. The largest absolute Gasteiger partial charge is 0.497 e. The minimum absolute atomic E-state index is 0.0722. The van der Waals surface area contributed by atoms with E-state index in [2.05, 4.69) is 0 Å². The maximum atomic E-state index is 13.6. The van der Waals surface area contributed by atoms with Gasteiger partial charge in [-0.25, -0.2) is 8.42 Å². The summed E-state index contributed by atoms with van der Waals surface area (Å²) < 4.78 is 44.9. The van der Waals surface area contributed by atoms with Crippen molar-refractivity contribution >= 4 is 27.3 Å². The maximum Gasteiger partial charge on any atom is 0.264 e. The summed E-state index contributed by atoms with van der Waals surface area (Å²) in [4.78, 5) is 0.106. The number of halogens is 1. The predicted molar refractivity (Wildman–Crippen MR) is 115 cm³/mol. The van der Waals surface area contributed by atoms with Gasteiger partial charge in [0.25, 0.3) is 10.0 Å². The number of hydrogen-bond donors (Lipinski definition) is 0. The predicted octanol–water partition coefficient (Wildman–Crippen LogP) is 4.52. The minimum atomic E-state index is -3.92. The Morgan fingerprint density at radius 1 is 0.967 bits per heavy atom. The molecule has 0 aliphatic carbocycles. The Morgan fingerprint density at radius 2 is 1.67 bits per heavy atom. The van der Waals surface area contributed by atoms with E-state index in [1.165, 1.54) is 16.4 Å². The lowest BCUT2D eigenvalue weighted by Crippen LogP contribution is -2.31. The molecule has 0 saturated heterocycles. The molecular weight excluding hydrogens is 426 g/mol. The Labute approximate surface area is 180 Å². The number of sulfonamides is 1. The van der Waals surface area contributed by atoms with Gasteiger partial charge in [-0.1, -0.05) is 29.8 Å². The highest BCUT2D eigenvalue weighted by molar-refractivity contribution is 7.92. The summed E-state index contributed by atoms with van der Waals surface area (Å²) in [6.07, 6.45) is 0. The van der Waals surface area contributed by atoms with Gasteiger partial charge in [-0.15, -0.1) is 0 Å². The Kier molecular flexibility index (Phi) is 5.74. The van der Waals surface area contributed by atoms with Crippen molar-refractivity contribution in [1.29, 1.82) is 0 Å². The second-order valence-corrected chi connectivity index (χ2v) is 8.88. The van der Waals surface area contributed by atoms with E-state index in [9.17, 15) is 8.42 Å². The molecule has 0 bridgehead atoms. The molecule has 4 rings (SSSR count). The van der Waals surface area contributed by atoms with Crippen molar-refractivity contribution < 1.29 is 22.6 Å². The van der Waals surface area contributed by atoms with Crippen LogP contribution >= 0.6 is 11.6 Å². The van der Waals surface area contributed by atoms with Gasteiger partial charge in [-0.05, 0) is 48.0 Å². The van der Waals surface area contributed by atoms with Crippen LogP contribution in [-0.4, -0.2) is 28.7 Å². The maximum absolute atomic E-state index is 13.6. The number of hydrogen-bond acceptors (Lipinski definition) is 5. The van der Waals surface area contributed by atoms with Gasteiger partial charge < -0.3 is 14.2 Å². The number of nitrogens with zero attached hydrogens (tertiary/aromatic N) is 1. The number of benzene rings is 3. The molecule has 0 N–H and O–H groups in total. The van der Waals surface area contributed by atoms with Crippen molar-refractivity contribution in [2.24, 2.45) is 0 Å². The molecule has 0 radical (unpaired) electrons. The van der Waals surface area contributed by atoms with Crippen molar-refractivity contribution in [3.8, 4) is 17.2 Å². The molecule has 30 heavy (non-hydrogen) atoms. The van der Waals surface area contributed by atoms with E-state index < -0.39 is 10.0 Å². The van der Waals surface area contributed by atoms with E-state index >= 15 is 0 Å². The molecule has 1 heterocycles. The standard InChI is InChI=1S/C22H20ClNO5S/c1-27-18-8-6-17(7-9-18)24(15-16-4-2-3-5-20(16)23)30(25,26)19-10-11-21-22(14-19)29-13-12-28-21/h2-11,14H,12-13,15H2,1H3. The fraction of sp³-hybridized carbons (Fsp3) is 0.182. The quantitative estimate of drug-likeness (QED) is 0.558. The first-order valence-electron chi connectivity index (χ1n) is 9.29. The molecular formula is C22H20ClNO5S. The topological polar surface area (TPSA) is 65.1 Å². The van der Waals surface area contributed by atoms with E-state index in [1.807, 2.05) is 6.07 Å². The molecule has 0 spiro atoms. The Balaban J connectivity index is 1.78. The summed E-state index contributed by atoms with van der Waals surface area (Å²) in [6, 6.07) is 18.6. The lowest BCUT2D eigenvalue weighted by atomic mass is 10.2. The van der Waals surface area contributed by atoms with Gasteiger partial charge in [0.2, 0.25) is 0 Å². The first kappa shape index (κ1) is 20.4. The highest BCUT2D eigenvalue weighted by Crippen LogP contribution is 2.35. The number of ether oxygens (including phenoxy) is 3. The fourth-order valence-electron chi connectivity index (χ4n) is 3.16. The van der Waals surface area contributed by atoms with Crippen molar-refractivity contribution in [2.75, 3.05) is 24.6 Å². The molecule has 1 aliphatic rings. The summed E-state index contributed by atoms with van der Waals surface area (Å²) in [5.74, 6) is 1.57. The zero-order chi connectivity index (χ0) is 21.1. The molecule has 0 aromatic heterocycles. The summed E-state index contributed by atoms with van der Waals surface area (Å²) in [6.45, 7) is 0.880. The number of rotatable bonds is 6. The van der Waals surface area contributed by atoms with E-state index in [4.69, 9.17) is 25.8 Å². The molecule has 156 valence electrons. The number of fused-ring (bicyclic) bond motifs is 1. The zero-order valence-electron chi connectivity index (χ0n) is 16.2. The van der Waals surface area contributed by atoms with E-state index in [-0.39, 0.29) is 11.4 Å². The smallest absolute Gasteiger partial charge is 0.264 e. The lowest BCUT2D eigenvalue weighted by molar-refractivity contribution is 0.171. The first-order chi connectivity index (χ1) is 14.5. The summed E-state index contributed by atoms with van der Waals surface area (Å²) >= 11 is 6.32. The van der Waals surface area contributed by atoms with Crippen LogP contribution in [0.15, 0.2) is 71.6 Å². The SMILES string of the molecule is COc1ccc(N(Cc2ccccc2Cl)S(=O)(=O)c2ccc3c(c2)OCCO3)cc1. The van der Waals surface area contributed by atoms with Crippen LogP contribution < -0.4 is 18.5 Å². The minimum Gasteiger partial charge on any atom is -0.497 e. The Hall–Kier alpha value is -2.90. The van der Waals surface area contributed by atoms with E-state index in [0.717, 1.165) is 0 Å². The highest BCUT2D eigenvalue weighted by atomic mass is 35.5.